The van der Waals surface area contributed by atoms with Crippen LogP contribution in [0, 0.1) is 6.92 Å². The summed E-state index contributed by atoms with van der Waals surface area (Å²) in [6.07, 6.45) is 0. The number of nitrogens with one attached hydrogen (secondary N) is 1. The number of hydrogen-bond acceptors (Lipinski definition) is 4. The van der Waals surface area contributed by atoms with E-state index >= 15 is 0 Å². The Balaban J connectivity index is 1.76. The number of aryl methyl sites for hydroxylation is 1. The van der Waals surface area contributed by atoms with Gasteiger partial charge in [-0.25, -0.2) is 0 Å². The fourth-order valence-electron chi connectivity index (χ4n) is 2.90. The molecule has 0 radical (unpaired) electrons. The SMILES string of the molecule is COc1cc(C)c(C(=O)NCc2ccc3c(c2)OCO3)cc1C(C)C. The van der Waals surface area contributed by atoms with Gasteiger partial charge in [0.15, 0.2) is 11.5 Å². The molecular weight excluding hydrogens is 318 g/mol. The van der Waals surface area contributed by atoms with Gasteiger partial charge in [-0.1, -0.05) is 19.9 Å². The first-order valence-electron chi connectivity index (χ1n) is 8.35. The van der Waals surface area contributed by atoms with E-state index in [1.54, 1.807) is 7.11 Å². The molecule has 0 bridgehead atoms. The highest BCUT2D eigenvalue weighted by Gasteiger charge is 2.17. The maximum Gasteiger partial charge on any atom is 0.251 e. The summed E-state index contributed by atoms with van der Waals surface area (Å²) in [6.45, 7) is 6.76. The van der Waals surface area contributed by atoms with Crippen LogP contribution in [-0.4, -0.2) is 19.8 Å². The predicted octanol–water partition coefficient (Wildman–Crippen LogP) is 3.79. The molecule has 5 heteroatoms. The molecule has 25 heavy (non-hydrogen) atoms. The zero-order chi connectivity index (χ0) is 18.0. The molecule has 2 aromatic carbocycles. The molecule has 1 amide bonds. The molecule has 5 nitrogen and oxygen atoms in total. The number of fused-ring (bicyclic) bond motifs is 1. The fourth-order valence-corrected chi connectivity index (χ4v) is 2.90. The van der Waals surface area contributed by atoms with E-state index in [1.165, 1.54) is 0 Å². The minimum absolute atomic E-state index is 0.0975. The Hall–Kier alpha value is -2.69. The Morgan fingerprint density at radius 2 is 1.96 bits per heavy atom. The highest BCUT2D eigenvalue weighted by Crippen LogP contribution is 2.32. The summed E-state index contributed by atoms with van der Waals surface area (Å²) in [5.41, 5.74) is 3.56. The van der Waals surface area contributed by atoms with E-state index in [4.69, 9.17) is 14.2 Å². The van der Waals surface area contributed by atoms with Crippen LogP contribution in [0.25, 0.3) is 0 Å². The summed E-state index contributed by atoms with van der Waals surface area (Å²) in [5.74, 6) is 2.45. The van der Waals surface area contributed by atoms with Crippen LogP contribution in [0.15, 0.2) is 30.3 Å². The molecule has 0 spiro atoms. The monoisotopic (exact) mass is 341 g/mol. The van der Waals surface area contributed by atoms with Gasteiger partial charge in [0.05, 0.1) is 7.11 Å². The van der Waals surface area contributed by atoms with Crippen LogP contribution in [0.1, 0.15) is 46.8 Å². The Morgan fingerprint density at radius 1 is 1.20 bits per heavy atom. The summed E-state index contributed by atoms with van der Waals surface area (Å²) >= 11 is 0. The van der Waals surface area contributed by atoms with Gasteiger partial charge in [0.2, 0.25) is 6.79 Å². The molecule has 2 aromatic rings. The molecule has 132 valence electrons. The third-order valence-corrected chi connectivity index (χ3v) is 4.33. The molecule has 0 saturated carbocycles. The van der Waals surface area contributed by atoms with Crippen molar-refractivity contribution in [3.8, 4) is 17.2 Å². The van der Waals surface area contributed by atoms with Crippen molar-refractivity contribution in [3.05, 3.63) is 52.6 Å². The van der Waals surface area contributed by atoms with Crippen molar-refractivity contribution in [2.45, 2.75) is 33.2 Å². The maximum absolute atomic E-state index is 12.6. The van der Waals surface area contributed by atoms with Crippen molar-refractivity contribution < 1.29 is 19.0 Å². The summed E-state index contributed by atoms with van der Waals surface area (Å²) < 4.78 is 16.1. The first kappa shape index (κ1) is 17.1. The van der Waals surface area contributed by atoms with Crippen LogP contribution < -0.4 is 19.5 Å². The van der Waals surface area contributed by atoms with Crippen molar-refractivity contribution >= 4 is 5.91 Å². The lowest BCUT2D eigenvalue weighted by Crippen LogP contribution is -2.24. The highest BCUT2D eigenvalue weighted by atomic mass is 16.7. The van der Waals surface area contributed by atoms with E-state index in [1.807, 2.05) is 37.3 Å². The van der Waals surface area contributed by atoms with Crippen molar-refractivity contribution in [3.63, 3.8) is 0 Å². The third kappa shape index (κ3) is 3.55. The molecule has 1 N–H and O–H groups in total. The van der Waals surface area contributed by atoms with Gasteiger partial charge >= 0.3 is 0 Å². The van der Waals surface area contributed by atoms with E-state index in [0.717, 1.165) is 33.9 Å². The highest BCUT2D eigenvalue weighted by molar-refractivity contribution is 5.96. The van der Waals surface area contributed by atoms with Crippen LogP contribution in [0.4, 0.5) is 0 Å². The lowest BCUT2D eigenvalue weighted by molar-refractivity contribution is 0.0950. The summed E-state index contributed by atoms with van der Waals surface area (Å²) in [7, 11) is 1.65. The Bertz CT molecular complexity index is 799. The van der Waals surface area contributed by atoms with Crippen molar-refractivity contribution in [1.29, 1.82) is 0 Å². The predicted molar refractivity (Wildman–Crippen MR) is 95.6 cm³/mol. The van der Waals surface area contributed by atoms with Gasteiger partial charge in [0.1, 0.15) is 5.75 Å². The minimum atomic E-state index is -0.0975. The number of ether oxygens (including phenoxy) is 3. The standard InChI is InChI=1S/C20H23NO4/c1-12(2)15-9-16(13(3)7-18(15)23-4)20(22)21-10-14-5-6-17-19(8-14)25-11-24-17/h5-9,12H,10-11H2,1-4H3,(H,21,22). The molecule has 0 saturated heterocycles. The van der Waals surface area contributed by atoms with Crippen molar-refractivity contribution in [2.24, 2.45) is 0 Å². The molecule has 3 rings (SSSR count). The number of benzene rings is 2. The maximum atomic E-state index is 12.6. The van der Waals surface area contributed by atoms with Crippen LogP contribution in [0.3, 0.4) is 0 Å². The Morgan fingerprint density at radius 3 is 2.68 bits per heavy atom. The third-order valence-electron chi connectivity index (χ3n) is 4.33. The smallest absolute Gasteiger partial charge is 0.251 e. The van der Waals surface area contributed by atoms with Crippen LogP contribution in [-0.2, 0) is 6.54 Å². The van der Waals surface area contributed by atoms with E-state index in [0.29, 0.717) is 12.1 Å². The van der Waals surface area contributed by atoms with Crippen LogP contribution in [0.5, 0.6) is 17.2 Å². The topological polar surface area (TPSA) is 56.8 Å². The molecule has 1 aliphatic heterocycles. The van der Waals surface area contributed by atoms with E-state index in [-0.39, 0.29) is 18.6 Å². The molecule has 1 heterocycles. The Kier molecular flexibility index (Phi) is 4.83. The molecule has 0 unspecified atom stereocenters. The summed E-state index contributed by atoms with van der Waals surface area (Å²) in [5, 5.41) is 2.97. The van der Waals surface area contributed by atoms with E-state index in [2.05, 4.69) is 19.2 Å². The van der Waals surface area contributed by atoms with Gasteiger partial charge in [-0.2, -0.15) is 0 Å². The molecular formula is C20H23NO4. The van der Waals surface area contributed by atoms with Crippen LogP contribution >= 0.6 is 0 Å². The second-order valence-corrected chi connectivity index (χ2v) is 6.43. The summed E-state index contributed by atoms with van der Waals surface area (Å²) in [4.78, 5) is 12.6. The number of methoxy groups -OCH3 is 1. The fraction of sp³-hybridized carbons (Fsp3) is 0.350. The largest absolute Gasteiger partial charge is 0.496 e. The quantitative estimate of drug-likeness (QED) is 0.899. The van der Waals surface area contributed by atoms with E-state index < -0.39 is 0 Å². The molecule has 0 aromatic heterocycles. The second kappa shape index (κ2) is 7.05. The number of carbonyl (C=O) groups excluding carboxylic acids is 1. The first-order valence-corrected chi connectivity index (χ1v) is 8.35. The Labute approximate surface area is 147 Å². The number of carbonyl (C=O) groups is 1. The zero-order valence-electron chi connectivity index (χ0n) is 15.0. The number of rotatable bonds is 5. The average molecular weight is 341 g/mol. The van der Waals surface area contributed by atoms with Crippen molar-refractivity contribution in [1.82, 2.24) is 5.32 Å². The van der Waals surface area contributed by atoms with Gasteiger partial charge < -0.3 is 19.5 Å². The lowest BCUT2D eigenvalue weighted by Gasteiger charge is -2.16. The second-order valence-electron chi connectivity index (χ2n) is 6.43. The average Bonchev–Trinajstić information content (AvgIpc) is 3.06. The van der Waals surface area contributed by atoms with Crippen molar-refractivity contribution in [2.75, 3.05) is 13.9 Å². The molecule has 0 aliphatic carbocycles. The van der Waals surface area contributed by atoms with Gasteiger partial charge in [0.25, 0.3) is 5.91 Å². The normalized spacial score (nSPS) is 12.4. The zero-order valence-corrected chi connectivity index (χ0v) is 15.0. The van der Waals surface area contributed by atoms with Gasteiger partial charge in [-0.05, 0) is 53.8 Å². The first-order chi connectivity index (χ1) is 12.0. The number of amides is 1. The van der Waals surface area contributed by atoms with Crippen LogP contribution in [0.2, 0.25) is 0 Å². The molecule has 0 fully saturated rings. The van der Waals surface area contributed by atoms with Gasteiger partial charge in [0, 0.05) is 12.1 Å². The number of hydrogen-bond donors (Lipinski definition) is 1. The molecule has 1 aliphatic rings. The minimum Gasteiger partial charge on any atom is -0.496 e. The summed E-state index contributed by atoms with van der Waals surface area (Å²) in [6, 6.07) is 9.52. The lowest BCUT2D eigenvalue weighted by atomic mass is 9.96. The van der Waals surface area contributed by atoms with Gasteiger partial charge in [-0.15, -0.1) is 0 Å². The van der Waals surface area contributed by atoms with Gasteiger partial charge in [-0.3, -0.25) is 4.79 Å². The van der Waals surface area contributed by atoms with E-state index in [9.17, 15) is 4.79 Å². The molecule has 0 atom stereocenters.